The SMILES string of the molecule is CC1CCCC(N)(C(=O)N(C)Cc2cccc(Cl)c2)C1. The van der Waals surface area contributed by atoms with E-state index >= 15 is 0 Å². The van der Waals surface area contributed by atoms with Gasteiger partial charge < -0.3 is 10.6 Å². The molecule has 20 heavy (non-hydrogen) atoms. The Morgan fingerprint density at radius 2 is 2.30 bits per heavy atom. The molecule has 2 N–H and O–H groups in total. The second-order valence-corrected chi connectivity index (χ2v) is 6.59. The number of benzene rings is 1. The average Bonchev–Trinajstić information content (AvgIpc) is 2.37. The van der Waals surface area contributed by atoms with Gasteiger partial charge in [-0.1, -0.05) is 43.5 Å². The topological polar surface area (TPSA) is 46.3 Å². The highest BCUT2D eigenvalue weighted by atomic mass is 35.5. The van der Waals surface area contributed by atoms with Crippen LogP contribution in [0.4, 0.5) is 0 Å². The van der Waals surface area contributed by atoms with Crippen LogP contribution in [-0.4, -0.2) is 23.4 Å². The number of hydrogen-bond donors (Lipinski definition) is 1. The minimum absolute atomic E-state index is 0.0454. The summed E-state index contributed by atoms with van der Waals surface area (Å²) in [5.74, 6) is 0.571. The number of halogens is 1. The van der Waals surface area contributed by atoms with Crippen molar-refractivity contribution in [3.63, 3.8) is 0 Å². The Bertz CT molecular complexity index is 491. The lowest BCUT2D eigenvalue weighted by molar-refractivity contribution is -0.138. The van der Waals surface area contributed by atoms with Crippen LogP contribution in [-0.2, 0) is 11.3 Å². The van der Waals surface area contributed by atoms with Gasteiger partial charge in [-0.2, -0.15) is 0 Å². The zero-order valence-corrected chi connectivity index (χ0v) is 13.0. The summed E-state index contributed by atoms with van der Waals surface area (Å²) in [6.07, 6.45) is 3.78. The van der Waals surface area contributed by atoms with Crippen molar-refractivity contribution in [2.75, 3.05) is 7.05 Å². The van der Waals surface area contributed by atoms with E-state index in [2.05, 4.69) is 6.92 Å². The Hall–Kier alpha value is -1.06. The Kier molecular flexibility index (Phi) is 4.71. The molecule has 110 valence electrons. The van der Waals surface area contributed by atoms with E-state index in [-0.39, 0.29) is 5.91 Å². The van der Waals surface area contributed by atoms with Gasteiger partial charge in [0.05, 0.1) is 5.54 Å². The van der Waals surface area contributed by atoms with E-state index in [0.717, 1.165) is 24.8 Å². The molecule has 1 aromatic carbocycles. The van der Waals surface area contributed by atoms with Crippen LogP contribution in [0.25, 0.3) is 0 Å². The van der Waals surface area contributed by atoms with Crippen LogP contribution >= 0.6 is 11.6 Å². The minimum Gasteiger partial charge on any atom is -0.340 e. The summed E-state index contributed by atoms with van der Waals surface area (Å²) in [6.45, 7) is 2.72. The van der Waals surface area contributed by atoms with Crippen LogP contribution < -0.4 is 5.73 Å². The molecule has 2 unspecified atom stereocenters. The molecular weight excluding hydrogens is 272 g/mol. The van der Waals surface area contributed by atoms with Gasteiger partial charge in [0.15, 0.2) is 0 Å². The molecule has 2 atom stereocenters. The number of nitrogens with zero attached hydrogens (tertiary/aromatic N) is 1. The Labute approximate surface area is 126 Å². The monoisotopic (exact) mass is 294 g/mol. The number of amides is 1. The minimum atomic E-state index is -0.689. The van der Waals surface area contributed by atoms with Crippen LogP contribution in [0, 0.1) is 5.92 Å². The Morgan fingerprint density at radius 1 is 1.55 bits per heavy atom. The third-order valence-electron chi connectivity index (χ3n) is 4.11. The van der Waals surface area contributed by atoms with E-state index in [1.54, 1.807) is 4.90 Å². The summed E-state index contributed by atoms with van der Waals surface area (Å²) >= 11 is 5.97. The first kappa shape index (κ1) is 15.3. The molecule has 1 aromatic rings. The van der Waals surface area contributed by atoms with E-state index < -0.39 is 5.54 Å². The summed E-state index contributed by atoms with van der Waals surface area (Å²) in [7, 11) is 1.82. The molecular formula is C16H23ClN2O. The van der Waals surface area contributed by atoms with E-state index in [9.17, 15) is 4.79 Å². The number of nitrogens with two attached hydrogens (primary N) is 1. The highest BCUT2D eigenvalue weighted by Gasteiger charge is 2.39. The molecule has 4 heteroatoms. The average molecular weight is 295 g/mol. The molecule has 0 heterocycles. The highest BCUT2D eigenvalue weighted by Crippen LogP contribution is 2.31. The molecule has 0 radical (unpaired) electrons. The van der Waals surface area contributed by atoms with Crippen molar-refractivity contribution >= 4 is 17.5 Å². The predicted molar refractivity (Wildman–Crippen MR) is 82.5 cm³/mol. The van der Waals surface area contributed by atoms with Crippen molar-refractivity contribution < 1.29 is 4.79 Å². The van der Waals surface area contributed by atoms with Gasteiger partial charge in [0, 0.05) is 18.6 Å². The van der Waals surface area contributed by atoms with Crippen molar-refractivity contribution in [2.45, 2.75) is 44.7 Å². The zero-order valence-electron chi connectivity index (χ0n) is 12.2. The molecule has 0 aromatic heterocycles. The fraction of sp³-hybridized carbons (Fsp3) is 0.562. The van der Waals surface area contributed by atoms with E-state index in [0.29, 0.717) is 17.5 Å². The van der Waals surface area contributed by atoms with Crippen LogP contribution in [0.1, 0.15) is 38.2 Å². The Morgan fingerprint density at radius 3 is 2.95 bits per heavy atom. The second kappa shape index (κ2) is 6.15. The van der Waals surface area contributed by atoms with Gasteiger partial charge in [-0.05, 0) is 36.5 Å². The van der Waals surface area contributed by atoms with E-state index in [1.807, 2.05) is 31.3 Å². The third-order valence-corrected chi connectivity index (χ3v) is 4.35. The summed E-state index contributed by atoms with van der Waals surface area (Å²) in [5, 5.41) is 0.692. The van der Waals surface area contributed by atoms with Gasteiger partial charge in [-0.3, -0.25) is 4.79 Å². The standard InChI is InChI=1S/C16H23ClN2O/c1-12-5-4-8-16(18,10-12)15(20)19(2)11-13-6-3-7-14(17)9-13/h3,6-7,9,12H,4-5,8,10-11,18H2,1-2H3. The molecule has 0 saturated heterocycles. The van der Waals surface area contributed by atoms with Gasteiger partial charge in [-0.25, -0.2) is 0 Å². The molecule has 1 saturated carbocycles. The zero-order chi connectivity index (χ0) is 14.8. The van der Waals surface area contributed by atoms with Crippen molar-refractivity contribution in [1.29, 1.82) is 0 Å². The second-order valence-electron chi connectivity index (χ2n) is 6.15. The number of likely N-dealkylation sites (N-methyl/N-ethyl adjacent to an activating group) is 1. The summed E-state index contributed by atoms with van der Waals surface area (Å²) in [4.78, 5) is 14.3. The van der Waals surface area contributed by atoms with Gasteiger partial charge in [-0.15, -0.1) is 0 Å². The first-order valence-corrected chi connectivity index (χ1v) is 7.57. The van der Waals surface area contributed by atoms with Crippen LogP contribution in [0.3, 0.4) is 0 Å². The van der Waals surface area contributed by atoms with Crippen molar-refractivity contribution in [3.05, 3.63) is 34.9 Å². The molecule has 3 nitrogen and oxygen atoms in total. The van der Waals surface area contributed by atoms with Crippen molar-refractivity contribution in [2.24, 2.45) is 11.7 Å². The number of carbonyl (C=O) groups excluding carboxylic acids is 1. The van der Waals surface area contributed by atoms with Gasteiger partial charge in [0.2, 0.25) is 5.91 Å². The molecule has 1 amide bonds. The van der Waals surface area contributed by atoms with Crippen LogP contribution in [0.2, 0.25) is 5.02 Å². The number of rotatable bonds is 3. The molecule has 1 aliphatic carbocycles. The fourth-order valence-corrected chi connectivity index (χ4v) is 3.36. The number of carbonyl (C=O) groups is 1. The molecule has 0 aliphatic heterocycles. The normalized spacial score (nSPS) is 26.3. The lowest BCUT2D eigenvalue weighted by Crippen LogP contribution is -2.56. The summed E-state index contributed by atoms with van der Waals surface area (Å²) in [5.41, 5.74) is 6.70. The van der Waals surface area contributed by atoms with Gasteiger partial charge in [0.1, 0.15) is 0 Å². The largest absolute Gasteiger partial charge is 0.340 e. The maximum Gasteiger partial charge on any atom is 0.242 e. The maximum absolute atomic E-state index is 12.6. The smallest absolute Gasteiger partial charge is 0.242 e. The maximum atomic E-state index is 12.6. The summed E-state index contributed by atoms with van der Waals surface area (Å²) in [6, 6.07) is 7.59. The van der Waals surface area contributed by atoms with Crippen LogP contribution in [0.5, 0.6) is 0 Å². The number of hydrogen-bond acceptors (Lipinski definition) is 2. The lowest BCUT2D eigenvalue weighted by atomic mass is 9.76. The fourth-order valence-electron chi connectivity index (χ4n) is 3.15. The van der Waals surface area contributed by atoms with E-state index in [4.69, 9.17) is 17.3 Å². The highest BCUT2D eigenvalue weighted by molar-refractivity contribution is 6.30. The molecule has 0 bridgehead atoms. The predicted octanol–water partition coefficient (Wildman–Crippen LogP) is 3.21. The lowest BCUT2D eigenvalue weighted by Gasteiger charge is -2.38. The van der Waals surface area contributed by atoms with Gasteiger partial charge >= 0.3 is 0 Å². The molecule has 1 aliphatic rings. The third kappa shape index (κ3) is 3.53. The van der Waals surface area contributed by atoms with E-state index in [1.165, 1.54) is 6.42 Å². The first-order chi connectivity index (χ1) is 9.40. The molecule has 2 rings (SSSR count). The Balaban J connectivity index is 2.04. The molecule has 0 spiro atoms. The van der Waals surface area contributed by atoms with Crippen molar-refractivity contribution in [3.8, 4) is 0 Å². The molecule has 1 fully saturated rings. The van der Waals surface area contributed by atoms with Crippen LogP contribution in [0.15, 0.2) is 24.3 Å². The van der Waals surface area contributed by atoms with Gasteiger partial charge in [0.25, 0.3) is 0 Å². The summed E-state index contributed by atoms with van der Waals surface area (Å²) < 4.78 is 0. The van der Waals surface area contributed by atoms with Crippen molar-refractivity contribution in [1.82, 2.24) is 4.90 Å². The quantitative estimate of drug-likeness (QED) is 0.930. The first-order valence-electron chi connectivity index (χ1n) is 7.19.